The number of benzene rings is 2. The monoisotopic (exact) mass is 421 g/mol. The summed E-state index contributed by atoms with van der Waals surface area (Å²) in [5.41, 5.74) is 8.75. The number of nitrogen functional groups attached to an aromatic ring is 1. The smallest absolute Gasteiger partial charge is 0.354 e. The van der Waals surface area contributed by atoms with Crippen LogP contribution in [0.5, 0.6) is 5.75 Å². The molecule has 0 aliphatic rings. The van der Waals surface area contributed by atoms with Crippen LogP contribution in [0.2, 0.25) is 0 Å². The lowest BCUT2D eigenvalue weighted by molar-refractivity contribution is 0.0684. The molecule has 0 saturated carbocycles. The molecule has 0 saturated heterocycles. The highest BCUT2D eigenvalue weighted by atomic mass is 16.5. The molecule has 0 fully saturated rings. The van der Waals surface area contributed by atoms with E-state index in [2.05, 4.69) is 10.4 Å². The standard InChI is InChI=1S/C22H23N5O4/c1-13-4-3-5-15(8-13)21(28)25-11-16-7-6-14(20(23)24)9-19(16)31-12-17-10-18(22(29)30)27(2)26-17/h3-10H,11-12H2,1-2H3,(H3,23,24)(H,25,28)(H,29,30). The average molecular weight is 421 g/mol. The highest BCUT2D eigenvalue weighted by Gasteiger charge is 2.14. The first-order chi connectivity index (χ1) is 14.7. The molecule has 31 heavy (non-hydrogen) atoms. The molecule has 0 bridgehead atoms. The van der Waals surface area contributed by atoms with Gasteiger partial charge in [-0.2, -0.15) is 5.10 Å². The van der Waals surface area contributed by atoms with Crippen molar-refractivity contribution in [2.45, 2.75) is 20.1 Å². The zero-order chi connectivity index (χ0) is 22.5. The van der Waals surface area contributed by atoms with Crippen molar-refractivity contribution in [1.29, 1.82) is 5.41 Å². The maximum absolute atomic E-state index is 12.5. The Bertz CT molecular complexity index is 1150. The van der Waals surface area contributed by atoms with Gasteiger partial charge in [0.1, 0.15) is 29.6 Å². The molecule has 1 aromatic heterocycles. The zero-order valence-corrected chi connectivity index (χ0v) is 17.2. The Kier molecular flexibility index (Phi) is 6.35. The molecule has 0 unspecified atom stereocenters. The number of ether oxygens (including phenoxy) is 1. The minimum atomic E-state index is -1.08. The fourth-order valence-corrected chi connectivity index (χ4v) is 3.02. The maximum atomic E-state index is 12.5. The molecule has 3 aromatic rings. The van der Waals surface area contributed by atoms with Crippen LogP contribution >= 0.6 is 0 Å². The molecule has 9 heteroatoms. The first-order valence-corrected chi connectivity index (χ1v) is 9.46. The fourth-order valence-electron chi connectivity index (χ4n) is 3.02. The van der Waals surface area contributed by atoms with Crippen molar-refractivity contribution in [2.24, 2.45) is 12.8 Å². The van der Waals surface area contributed by atoms with Crippen molar-refractivity contribution in [3.8, 4) is 5.75 Å². The number of carbonyl (C=O) groups is 2. The van der Waals surface area contributed by atoms with Crippen molar-refractivity contribution in [2.75, 3.05) is 0 Å². The normalized spacial score (nSPS) is 10.5. The Labute approximate surface area is 179 Å². The van der Waals surface area contributed by atoms with Gasteiger partial charge in [-0.3, -0.25) is 14.9 Å². The molecule has 1 heterocycles. The number of aromatic nitrogens is 2. The average Bonchev–Trinajstić information content (AvgIpc) is 3.11. The number of carboxylic acid groups (broad SMARTS) is 1. The van der Waals surface area contributed by atoms with E-state index in [-0.39, 0.29) is 30.6 Å². The Balaban J connectivity index is 1.77. The van der Waals surface area contributed by atoms with Gasteiger partial charge >= 0.3 is 5.97 Å². The van der Waals surface area contributed by atoms with E-state index in [4.69, 9.17) is 21.0 Å². The van der Waals surface area contributed by atoms with Gasteiger partial charge in [0.05, 0.1) is 0 Å². The van der Waals surface area contributed by atoms with Crippen molar-refractivity contribution >= 4 is 17.7 Å². The number of aromatic carboxylic acids is 1. The number of rotatable bonds is 8. The van der Waals surface area contributed by atoms with Gasteiger partial charge in [-0.15, -0.1) is 0 Å². The number of carboxylic acids is 1. The van der Waals surface area contributed by atoms with Gasteiger partial charge in [0.15, 0.2) is 0 Å². The van der Waals surface area contributed by atoms with Crippen molar-refractivity contribution in [3.05, 3.63) is 82.2 Å². The summed E-state index contributed by atoms with van der Waals surface area (Å²) >= 11 is 0. The summed E-state index contributed by atoms with van der Waals surface area (Å²) in [7, 11) is 1.54. The highest BCUT2D eigenvalue weighted by Crippen LogP contribution is 2.22. The lowest BCUT2D eigenvalue weighted by Crippen LogP contribution is -2.23. The minimum Gasteiger partial charge on any atom is -0.487 e. The van der Waals surface area contributed by atoms with E-state index in [1.165, 1.54) is 17.8 Å². The first kappa shape index (κ1) is 21.6. The largest absolute Gasteiger partial charge is 0.487 e. The summed E-state index contributed by atoms with van der Waals surface area (Å²) in [6, 6.07) is 13.7. The van der Waals surface area contributed by atoms with Crippen LogP contribution in [0.15, 0.2) is 48.5 Å². The maximum Gasteiger partial charge on any atom is 0.354 e. The fraction of sp³-hybridized carbons (Fsp3) is 0.182. The van der Waals surface area contributed by atoms with E-state index in [1.54, 1.807) is 30.3 Å². The van der Waals surface area contributed by atoms with Crippen molar-refractivity contribution < 1.29 is 19.4 Å². The lowest BCUT2D eigenvalue weighted by atomic mass is 10.1. The number of aryl methyl sites for hydroxylation is 2. The molecule has 160 valence electrons. The number of carbonyl (C=O) groups excluding carboxylic acids is 1. The quantitative estimate of drug-likeness (QED) is 0.324. The van der Waals surface area contributed by atoms with Crippen LogP contribution in [0, 0.1) is 12.3 Å². The van der Waals surface area contributed by atoms with Crippen molar-refractivity contribution in [1.82, 2.24) is 15.1 Å². The third kappa shape index (κ3) is 5.27. The molecule has 2 aromatic carbocycles. The zero-order valence-electron chi connectivity index (χ0n) is 17.2. The van der Waals surface area contributed by atoms with E-state index in [0.29, 0.717) is 28.1 Å². The topological polar surface area (TPSA) is 143 Å². The number of amidine groups is 1. The van der Waals surface area contributed by atoms with E-state index >= 15 is 0 Å². The molecule has 3 rings (SSSR count). The minimum absolute atomic E-state index is 0.0152. The summed E-state index contributed by atoms with van der Waals surface area (Å²) in [6.07, 6.45) is 0. The van der Waals surface area contributed by atoms with Gasteiger partial charge in [0.2, 0.25) is 0 Å². The molecule has 0 aliphatic carbocycles. The van der Waals surface area contributed by atoms with Gasteiger partial charge in [0.25, 0.3) is 5.91 Å². The third-order valence-corrected chi connectivity index (χ3v) is 4.62. The number of hydrogen-bond acceptors (Lipinski definition) is 5. The predicted molar refractivity (Wildman–Crippen MR) is 114 cm³/mol. The van der Waals surface area contributed by atoms with Crippen LogP contribution in [0.3, 0.4) is 0 Å². The Morgan fingerprint density at radius 1 is 1.19 bits per heavy atom. The number of nitrogens with zero attached hydrogens (tertiary/aromatic N) is 2. The van der Waals surface area contributed by atoms with Crippen LogP contribution in [-0.4, -0.2) is 32.6 Å². The van der Waals surface area contributed by atoms with Gasteiger partial charge in [-0.25, -0.2) is 4.79 Å². The summed E-state index contributed by atoms with van der Waals surface area (Å²) in [5, 5.41) is 23.8. The predicted octanol–water partition coefficient (Wildman–Crippen LogP) is 2.22. The van der Waals surface area contributed by atoms with Gasteiger partial charge in [-0.1, -0.05) is 29.8 Å². The Hall–Kier alpha value is -4.14. The van der Waals surface area contributed by atoms with Crippen LogP contribution in [0.25, 0.3) is 0 Å². The van der Waals surface area contributed by atoms with Gasteiger partial charge in [0, 0.05) is 30.3 Å². The molecule has 9 nitrogen and oxygen atoms in total. The Morgan fingerprint density at radius 3 is 2.61 bits per heavy atom. The molecule has 0 aliphatic heterocycles. The Morgan fingerprint density at radius 2 is 1.97 bits per heavy atom. The summed E-state index contributed by atoms with van der Waals surface area (Å²) in [5.74, 6) is -1.01. The lowest BCUT2D eigenvalue weighted by Gasteiger charge is -2.13. The second kappa shape index (κ2) is 9.12. The molecule has 0 atom stereocenters. The molecular formula is C22H23N5O4. The SMILES string of the molecule is Cc1cccc(C(=O)NCc2ccc(C(=N)N)cc2OCc2cc(C(=O)O)n(C)n2)c1. The second-order valence-electron chi connectivity index (χ2n) is 7.03. The van der Waals surface area contributed by atoms with Crippen molar-refractivity contribution in [3.63, 3.8) is 0 Å². The second-order valence-corrected chi connectivity index (χ2v) is 7.03. The van der Waals surface area contributed by atoms with E-state index in [9.17, 15) is 9.59 Å². The van der Waals surface area contributed by atoms with Crippen LogP contribution in [0.1, 0.15) is 43.2 Å². The van der Waals surface area contributed by atoms with Crippen LogP contribution < -0.4 is 15.8 Å². The summed E-state index contributed by atoms with van der Waals surface area (Å²) < 4.78 is 7.11. The number of nitrogens with two attached hydrogens (primary N) is 1. The third-order valence-electron chi connectivity index (χ3n) is 4.62. The number of hydrogen-bond donors (Lipinski definition) is 4. The van der Waals surface area contributed by atoms with E-state index in [0.717, 1.165) is 5.56 Å². The van der Waals surface area contributed by atoms with E-state index < -0.39 is 5.97 Å². The molecule has 0 radical (unpaired) electrons. The molecular weight excluding hydrogens is 398 g/mol. The van der Waals surface area contributed by atoms with Gasteiger partial charge < -0.3 is 20.9 Å². The highest BCUT2D eigenvalue weighted by molar-refractivity contribution is 5.96. The summed E-state index contributed by atoms with van der Waals surface area (Å²) in [4.78, 5) is 23.7. The van der Waals surface area contributed by atoms with E-state index in [1.807, 2.05) is 19.1 Å². The first-order valence-electron chi connectivity index (χ1n) is 9.46. The van der Waals surface area contributed by atoms with Crippen LogP contribution in [0.4, 0.5) is 0 Å². The molecule has 5 N–H and O–H groups in total. The van der Waals surface area contributed by atoms with Crippen LogP contribution in [-0.2, 0) is 20.2 Å². The number of nitrogens with one attached hydrogen (secondary N) is 2. The summed E-state index contributed by atoms with van der Waals surface area (Å²) in [6.45, 7) is 2.13. The molecule has 0 spiro atoms. The van der Waals surface area contributed by atoms with Gasteiger partial charge in [-0.05, 0) is 31.2 Å². The number of amides is 1. The molecule has 1 amide bonds.